The molecule has 3 aromatic carbocycles. The lowest BCUT2D eigenvalue weighted by Crippen LogP contribution is -2.18. The van der Waals surface area contributed by atoms with Crippen LogP contribution >= 0.6 is 0 Å². The van der Waals surface area contributed by atoms with E-state index in [0.29, 0.717) is 23.7 Å². The van der Waals surface area contributed by atoms with Crippen molar-refractivity contribution in [1.29, 1.82) is 0 Å². The molecule has 2 atom stereocenters. The Labute approximate surface area is 310 Å². The van der Waals surface area contributed by atoms with Crippen molar-refractivity contribution in [3.8, 4) is 23.0 Å². The van der Waals surface area contributed by atoms with Gasteiger partial charge in [-0.1, -0.05) is 77.8 Å². The number of fused-ring (bicyclic) bond motifs is 3. The SMILES string of the molecule is CCCCc1ccnc(-n2c3ccccc3c3ccc(Oc4cc(C(C)C)cc(-n5nc(C)c(C6C(C)=CCC[C@@H]6C)c5CCC(C)C)c4)cc32)c1. The van der Waals surface area contributed by atoms with Crippen LogP contribution in [0.15, 0.2) is 90.6 Å². The van der Waals surface area contributed by atoms with Crippen molar-refractivity contribution in [3.63, 3.8) is 0 Å². The van der Waals surface area contributed by atoms with Gasteiger partial charge in [-0.05, 0) is 124 Å². The van der Waals surface area contributed by atoms with Gasteiger partial charge in [-0.15, -0.1) is 0 Å². The largest absolute Gasteiger partial charge is 0.457 e. The summed E-state index contributed by atoms with van der Waals surface area (Å²) in [6.07, 6.45) is 12.3. The Balaban J connectivity index is 1.33. The van der Waals surface area contributed by atoms with Crippen LogP contribution in [0.25, 0.3) is 33.3 Å². The third kappa shape index (κ3) is 7.07. The first-order chi connectivity index (χ1) is 25.1. The van der Waals surface area contributed by atoms with E-state index in [0.717, 1.165) is 59.0 Å². The zero-order valence-corrected chi connectivity index (χ0v) is 32.5. The van der Waals surface area contributed by atoms with Crippen LogP contribution in [0.4, 0.5) is 0 Å². The molecule has 52 heavy (non-hydrogen) atoms. The number of benzene rings is 3. The zero-order chi connectivity index (χ0) is 36.5. The van der Waals surface area contributed by atoms with Gasteiger partial charge >= 0.3 is 0 Å². The molecule has 5 heteroatoms. The molecule has 7 rings (SSSR count). The molecule has 0 radical (unpaired) electrons. The number of aromatic nitrogens is 4. The number of ether oxygens (including phenoxy) is 1. The van der Waals surface area contributed by atoms with Crippen molar-refractivity contribution >= 4 is 21.8 Å². The summed E-state index contributed by atoms with van der Waals surface area (Å²) in [4.78, 5) is 4.88. The van der Waals surface area contributed by atoms with Crippen LogP contribution in [0.5, 0.6) is 11.5 Å². The molecule has 1 aliphatic rings. The number of pyridine rings is 1. The third-order valence-corrected chi connectivity index (χ3v) is 11.2. The van der Waals surface area contributed by atoms with Gasteiger partial charge in [0.15, 0.2) is 0 Å². The smallest absolute Gasteiger partial charge is 0.137 e. The summed E-state index contributed by atoms with van der Waals surface area (Å²) in [6, 6.07) is 26.2. The highest BCUT2D eigenvalue weighted by Crippen LogP contribution is 2.43. The van der Waals surface area contributed by atoms with Crippen LogP contribution in [0.2, 0.25) is 0 Å². The van der Waals surface area contributed by atoms with Crippen LogP contribution in [0.1, 0.15) is 120 Å². The molecule has 5 nitrogen and oxygen atoms in total. The molecular weight excluding hydrogens is 637 g/mol. The molecule has 1 unspecified atom stereocenters. The van der Waals surface area contributed by atoms with Crippen molar-refractivity contribution in [2.45, 2.75) is 112 Å². The summed E-state index contributed by atoms with van der Waals surface area (Å²) in [5.74, 6) is 4.52. The monoisotopic (exact) mass is 692 g/mol. The summed E-state index contributed by atoms with van der Waals surface area (Å²) >= 11 is 0. The van der Waals surface area contributed by atoms with Gasteiger partial charge in [-0.3, -0.25) is 4.57 Å². The number of nitrogens with zero attached hydrogens (tertiary/aromatic N) is 4. The van der Waals surface area contributed by atoms with Crippen LogP contribution < -0.4 is 4.74 Å². The number of rotatable bonds is 12. The van der Waals surface area contributed by atoms with Crippen molar-refractivity contribution < 1.29 is 4.74 Å². The minimum Gasteiger partial charge on any atom is -0.457 e. The summed E-state index contributed by atoms with van der Waals surface area (Å²) in [5.41, 5.74) is 11.3. The Morgan fingerprint density at radius 2 is 1.67 bits per heavy atom. The lowest BCUT2D eigenvalue weighted by molar-refractivity contribution is 0.445. The van der Waals surface area contributed by atoms with Gasteiger partial charge in [0.1, 0.15) is 17.3 Å². The molecule has 3 heterocycles. The summed E-state index contributed by atoms with van der Waals surface area (Å²) in [5, 5.41) is 7.71. The fraction of sp³-hybridized carbons (Fsp3) is 0.404. The van der Waals surface area contributed by atoms with Crippen molar-refractivity contribution in [3.05, 3.63) is 119 Å². The quantitative estimate of drug-likeness (QED) is 0.120. The van der Waals surface area contributed by atoms with Gasteiger partial charge in [0.05, 0.1) is 22.4 Å². The zero-order valence-electron chi connectivity index (χ0n) is 32.5. The van der Waals surface area contributed by atoms with Gasteiger partial charge in [-0.25, -0.2) is 9.67 Å². The molecule has 0 spiro atoms. The number of hydrogen-bond acceptors (Lipinski definition) is 3. The van der Waals surface area contributed by atoms with E-state index >= 15 is 0 Å². The third-order valence-electron chi connectivity index (χ3n) is 11.2. The van der Waals surface area contributed by atoms with Crippen LogP contribution in [-0.4, -0.2) is 19.3 Å². The Morgan fingerprint density at radius 3 is 2.44 bits per heavy atom. The first-order valence-corrected chi connectivity index (χ1v) is 19.7. The van der Waals surface area contributed by atoms with Gasteiger partial charge in [0, 0.05) is 46.3 Å². The van der Waals surface area contributed by atoms with Crippen molar-refractivity contribution in [1.82, 2.24) is 19.3 Å². The second-order valence-corrected chi connectivity index (χ2v) is 15.9. The number of para-hydroxylation sites is 1. The molecule has 0 N–H and O–H groups in total. The van der Waals surface area contributed by atoms with Gasteiger partial charge < -0.3 is 4.74 Å². The highest BCUT2D eigenvalue weighted by Gasteiger charge is 2.31. The van der Waals surface area contributed by atoms with E-state index < -0.39 is 0 Å². The molecule has 0 fully saturated rings. The van der Waals surface area contributed by atoms with E-state index in [1.807, 2.05) is 6.20 Å². The van der Waals surface area contributed by atoms with Crippen LogP contribution in [-0.2, 0) is 12.8 Å². The van der Waals surface area contributed by atoms with Gasteiger partial charge in [0.2, 0.25) is 0 Å². The predicted octanol–water partition coefficient (Wildman–Crippen LogP) is 13.0. The molecule has 0 amide bonds. The highest BCUT2D eigenvalue weighted by atomic mass is 16.5. The molecule has 1 aliphatic carbocycles. The summed E-state index contributed by atoms with van der Waals surface area (Å²) in [6.45, 7) is 18.4. The topological polar surface area (TPSA) is 44.9 Å². The highest BCUT2D eigenvalue weighted by molar-refractivity contribution is 6.09. The molecule has 0 saturated carbocycles. The first-order valence-electron chi connectivity index (χ1n) is 19.7. The lowest BCUT2D eigenvalue weighted by Gasteiger charge is -2.30. The van der Waals surface area contributed by atoms with E-state index in [2.05, 4.69) is 144 Å². The lowest BCUT2D eigenvalue weighted by atomic mass is 9.75. The second-order valence-electron chi connectivity index (χ2n) is 15.9. The maximum absolute atomic E-state index is 6.84. The van der Waals surface area contributed by atoms with Crippen molar-refractivity contribution in [2.24, 2.45) is 11.8 Å². The van der Waals surface area contributed by atoms with Gasteiger partial charge in [0.25, 0.3) is 0 Å². The van der Waals surface area contributed by atoms with E-state index in [4.69, 9.17) is 14.8 Å². The molecule has 6 aromatic rings. The van der Waals surface area contributed by atoms with Crippen molar-refractivity contribution in [2.75, 3.05) is 0 Å². The molecule has 0 aliphatic heterocycles. The minimum absolute atomic E-state index is 0.331. The molecule has 3 aromatic heterocycles. The summed E-state index contributed by atoms with van der Waals surface area (Å²) < 4.78 is 11.4. The van der Waals surface area contributed by atoms with Crippen LogP contribution in [0, 0.1) is 18.8 Å². The standard InChI is InChI=1S/C47H56N4O/c1-9-10-16-35-23-24-48-45(25-35)50-42-18-12-11-17-40(42)41-21-20-38(29-44(41)50)52-39-27-36(31(4)5)26-37(28-39)51-43(22-19-30(2)3)47(34(8)49-51)46-32(6)14-13-15-33(46)7/h11-12,14,17-18,20-21,23-31,33,46H,9-10,13,15-16,19,22H2,1-8H3/t33-,46?/m0/s1. The average molecular weight is 693 g/mol. The number of aryl methyl sites for hydroxylation is 2. The fourth-order valence-electron chi connectivity index (χ4n) is 8.34. The fourth-order valence-corrected chi connectivity index (χ4v) is 8.34. The molecule has 0 bridgehead atoms. The van der Waals surface area contributed by atoms with Gasteiger partial charge in [-0.2, -0.15) is 5.10 Å². The Morgan fingerprint density at radius 1 is 0.865 bits per heavy atom. The molecule has 0 saturated heterocycles. The molecule has 270 valence electrons. The maximum atomic E-state index is 6.84. The first kappa shape index (κ1) is 35.7. The van der Waals surface area contributed by atoms with E-state index in [1.165, 1.54) is 64.4 Å². The molecular formula is C47H56N4O. The Hall–Kier alpha value is -4.64. The second kappa shape index (κ2) is 15.1. The Kier molecular flexibility index (Phi) is 10.4. The number of unbranched alkanes of at least 4 members (excludes halogenated alkanes) is 1. The van der Waals surface area contributed by atoms with E-state index in [9.17, 15) is 0 Å². The van der Waals surface area contributed by atoms with Crippen LogP contribution in [0.3, 0.4) is 0 Å². The number of hydrogen-bond donors (Lipinski definition) is 0. The summed E-state index contributed by atoms with van der Waals surface area (Å²) in [7, 11) is 0. The maximum Gasteiger partial charge on any atom is 0.137 e. The normalized spacial score (nSPS) is 16.4. The minimum atomic E-state index is 0.331. The number of allylic oxidation sites excluding steroid dienone is 2. The average Bonchev–Trinajstić information content (AvgIpc) is 3.63. The predicted molar refractivity (Wildman–Crippen MR) is 218 cm³/mol. The van der Waals surface area contributed by atoms with E-state index in [-0.39, 0.29) is 0 Å². The Bertz CT molecular complexity index is 2230. The van der Waals surface area contributed by atoms with E-state index in [1.54, 1.807) is 0 Å².